The van der Waals surface area contributed by atoms with Crippen LogP contribution in [0.5, 0.6) is 11.5 Å². The SMILES string of the molecule is Oc1ccc(Cl)cc1[C@@H](c1ccc(OC(F)(F)F)cc1)N1CCNCC1. The standard InChI is InChI=1S/C18H18ClF3N2O2/c19-13-3-6-16(25)15(11-13)17(24-9-7-23-8-10-24)12-1-4-14(5-2-12)26-18(20,21)22/h1-6,11,17,23,25H,7-10H2/t17-/m1/s1. The number of aromatic hydroxyl groups is 1. The first-order valence-corrected chi connectivity index (χ1v) is 8.50. The van der Waals surface area contributed by atoms with E-state index in [1.807, 2.05) is 0 Å². The summed E-state index contributed by atoms with van der Waals surface area (Å²) < 4.78 is 41.0. The monoisotopic (exact) mass is 386 g/mol. The van der Waals surface area contributed by atoms with E-state index in [0.717, 1.165) is 31.7 Å². The van der Waals surface area contributed by atoms with E-state index in [1.165, 1.54) is 18.2 Å². The number of alkyl halides is 3. The highest BCUT2D eigenvalue weighted by Crippen LogP contribution is 2.37. The normalized spacial score (nSPS) is 17.1. The Morgan fingerprint density at radius 3 is 2.35 bits per heavy atom. The maximum absolute atomic E-state index is 12.4. The molecule has 0 amide bonds. The Balaban J connectivity index is 1.96. The number of halogens is 4. The van der Waals surface area contributed by atoms with Gasteiger partial charge in [-0.25, -0.2) is 0 Å². The average molecular weight is 387 g/mol. The van der Waals surface area contributed by atoms with Gasteiger partial charge in [0.05, 0.1) is 6.04 Å². The van der Waals surface area contributed by atoms with Crippen molar-refractivity contribution in [1.82, 2.24) is 10.2 Å². The largest absolute Gasteiger partial charge is 0.573 e. The molecular weight excluding hydrogens is 369 g/mol. The maximum atomic E-state index is 12.4. The third-order valence-electron chi connectivity index (χ3n) is 4.23. The minimum Gasteiger partial charge on any atom is -0.508 e. The lowest BCUT2D eigenvalue weighted by Gasteiger charge is -2.36. The molecule has 0 unspecified atom stereocenters. The molecule has 0 bridgehead atoms. The molecule has 0 spiro atoms. The molecule has 2 aromatic rings. The van der Waals surface area contributed by atoms with Crippen molar-refractivity contribution in [3.05, 3.63) is 58.6 Å². The summed E-state index contributed by atoms with van der Waals surface area (Å²) in [4.78, 5) is 2.15. The Morgan fingerprint density at radius 2 is 1.73 bits per heavy atom. The van der Waals surface area contributed by atoms with Crippen molar-refractivity contribution in [2.24, 2.45) is 0 Å². The minimum atomic E-state index is -4.73. The van der Waals surface area contributed by atoms with Crippen LogP contribution in [-0.2, 0) is 0 Å². The van der Waals surface area contributed by atoms with Crippen molar-refractivity contribution >= 4 is 11.6 Å². The van der Waals surface area contributed by atoms with Gasteiger partial charge in [0.2, 0.25) is 0 Å². The Kier molecular flexibility index (Phi) is 5.60. The molecule has 2 N–H and O–H groups in total. The van der Waals surface area contributed by atoms with Gasteiger partial charge >= 0.3 is 6.36 Å². The summed E-state index contributed by atoms with van der Waals surface area (Å²) in [5.41, 5.74) is 1.36. The van der Waals surface area contributed by atoms with Crippen LogP contribution in [0.25, 0.3) is 0 Å². The average Bonchev–Trinajstić information content (AvgIpc) is 2.59. The van der Waals surface area contributed by atoms with Gasteiger partial charge in [-0.15, -0.1) is 13.2 Å². The van der Waals surface area contributed by atoms with Gasteiger partial charge in [-0.2, -0.15) is 0 Å². The van der Waals surface area contributed by atoms with Crippen molar-refractivity contribution < 1.29 is 23.0 Å². The van der Waals surface area contributed by atoms with E-state index in [9.17, 15) is 18.3 Å². The molecule has 140 valence electrons. The number of hydrogen-bond acceptors (Lipinski definition) is 4. The number of ether oxygens (including phenoxy) is 1. The highest BCUT2D eigenvalue weighted by Gasteiger charge is 2.31. The Morgan fingerprint density at radius 1 is 1.08 bits per heavy atom. The smallest absolute Gasteiger partial charge is 0.508 e. The van der Waals surface area contributed by atoms with Gasteiger partial charge < -0.3 is 15.2 Å². The van der Waals surface area contributed by atoms with Gasteiger partial charge in [0.15, 0.2) is 0 Å². The molecule has 26 heavy (non-hydrogen) atoms. The fraction of sp³-hybridized carbons (Fsp3) is 0.333. The van der Waals surface area contributed by atoms with Gasteiger partial charge in [0, 0.05) is 36.8 Å². The van der Waals surface area contributed by atoms with Crippen LogP contribution < -0.4 is 10.1 Å². The quantitative estimate of drug-likeness (QED) is 0.835. The summed E-state index contributed by atoms with van der Waals surface area (Å²) in [5, 5.41) is 14.1. The lowest BCUT2D eigenvalue weighted by molar-refractivity contribution is -0.274. The van der Waals surface area contributed by atoms with Crippen LogP contribution in [0.4, 0.5) is 13.2 Å². The first-order valence-electron chi connectivity index (χ1n) is 8.12. The molecule has 1 atom stereocenters. The van der Waals surface area contributed by atoms with Crippen LogP contribution in [0.1, 0.15) is 17.2 Å². The van der Waals surface area contributed by atoms with Gasteiger partial charge in [0.1, 0.15) is 11.5 Å². The van der Waals surface area contributed by atoms with Crippen LogP contribution in [0.2, 0.25) is 5.02 Å². The van der Waals surface area contributed by atoms with E-state index in [-0.39, 0.29) is 17.5 Å². The summed E-state index contributed by atoms with van der Waals surface area (Å²) in [6, 6.07) is 10.2. The van der Waals surface area contributed by atoms with Crippen LogP contribution >= 0.6 is 11.6 Å². The van der Waals surface area contributed by atoms with Crippen molar-refractivity contribution in [1.29, 1.82) is 0 Å². The molecule has 1 fully saturated rings. The topological polar surface area (TPSA) is 44.7 Å². The van der Waals surface area contributed by atoms with Crippen molar-refractivity contribution in [2.75, 3.05) is 26.2 Å². The maximum Gasteiger partial charge on any atom is 0.573 e. The van der Waals surface area contributed by atoms with Crippen LogP contribution in [0.3, 0.4) is 0 Å². The molecule has 3 rings (SSSR count). The number of benzene rings is 2. The summed E-state index contributed by atoms with van der Waals surface area (Å²) in [6.45, 7) is 3.04. The predicted octanol–water partition coefficient (Wildman–Crippen LogP) is 3.94. The molecule has 1 heterocycles. The molecule has 0 aromatic heterocycles. The number of piperazine rings is 1. The van der Waals surface area contributed by atoms with Crippen molar-refractivity contribution in [2.45, 2.75) is 12.4 Å². The summed E-state index contributed by atoms with van der Waals surface area (Å²) in [6.07, 6.45) is -4.73. The molecule has 1 aliphatic rings. The second-order valence-corrected chi connectivity index (χ2v) is 6.44. The molecule has 4 nitrogen and oxygen atoms in total. The number of nitrogens with zero attached hydrogens (tertiary/aromatic N) is 1. The van der Waals surface area contributed by atoms with Gasteiger partial charge in [0.25, 0.3) is 0 Å². The number of rotatable bonds is 4. The fourth-order valence-corrected chi connectivity index (χ4v) is 3.30. The zero-order chi connectivity index (χ0) is 18.7. The Bertz CT molecular complexity index is 747. The van der Waals surface area contributed by atoms with Crippen LogP contribution in [-0.4, -0.2) is 42.5 Å². The summed E-state index contributed by atoms with van der Waals surface area (Å²) >= 11 is 6.10. The number of phenolic OH excluding ortho intramolecular Hbond substituents is 1. The molecule has 2 aromatic carbocycles. The van der Waals surface area contributed by atoms with Gasteiger partial charge in [-0.05, 0) is 35.9 Å². The van der Waals surface area contributed by atoms with Gasteiger partial charge in [-0.3, -0.25) is 4.90 Å². The summed E-state index contributed by atoms with van der Waals surface area (Å²) in [5.74, 6) is -0.191. The molecule has 0 saturated carbocycles. The zero-order valence-corrected chi connectivity index (χ0v) is 14.5. The molecule has 8 heteroatoms. The molecule has 0 aliphatic carbocycles. The van der Waals surface area contributed by atoms with E-state index in [1.54, 1.807) is 24.3 Å². The molecule has 1 saturated heterocycles. The number of nitrogens with one attached hydrogen (secondary N) is 1. The molecule has 0 radical (unpaired) electrons. The first kappa shape index (κ1) is 18.8. The fourth-order valence-electron chi connectivity index (χ4n) is 3.12. The number of phenols is 1. The zero-order valence-electron chi connectivity index (χ0n) is 13.8. The molecule has 1 aliphatic heterocycles. The van der Waals surface area contributed by atoms with E-state index in [2.05, 4.69) is 15.0 Å². The van der Waals surface area contributed by atoms with E-state index in [0.29, 0.717) is 10.6 Å². The third kappa shape index (κ3) is 4.60. The first-order chi connectivity index (χ1) is 12.3. The predicted molar refractivity (Wildman–Crippen MR) is 92.5 cm³/mol. The Hall–Kier alpha value is -1.96. The lowest BCUT2D eigenvalue weighted by atomic mass is 9.95. The van der Waals surface area contributed by atoms with Gasteiger partial charge in [-0.1, -0.05) is 23.7 Å². The minimum absolute atomic E-state index is 0.0913. The van der Waals surface area contributed by atoms with Crippen LogP contribution in [0.15, 0.2) is 42.5 Å². The third-order valence-corrected chi connectivity index (χ3v) is 4.47. The van der Waals surface area contributed by atoms with E-state index < -0.39 is 6.36 Å². The number of hydrogen-bond donors (Lipinski definition) is 2. The van der Waals surface area contributed by atoms with Crippen LogP contribution in [0, 0.1) is 0 Å². The second-order valence-electron chi connectivity index (χ2n) is 6.01. The van der Waals surface area contributed by atoms with Crippen molar-refractivity contribution in [3.8, 4) is 11.5 Å². The highest BCUT2D eigenvalue weighted by atomic mass is 35.5. The molecular formula is C18H18ClF3N2O2. The summed E-state index contributed by atoms with van der Waals surface area (Å²) in [7, 11) is 0. The van der Waals surface area contributed by atoms with E-state index in [4.69, 9.17) is 11.6 Å². The van der Waals surface area contributed by atoms with E-state index >= 15 is 0 Å². The second kappa shape index (κ2) is 7.73. The Labute approximate surface area is 154 Å². The lowest BCUT2D eigenvalue weighted by Crippen LogP contribution is -2.45. The van der Waals surface area contributed by atoms with Crippen molar-refractivity contribution in [3.63, 3.8) is 0 Å². The highest BCUT2D eigenvalue weighted by molar-refractivity contribution is 6.30.